The summed E-state index contributed by atoms with van der Waals surface area (Å²) in [5.74, 6) is -0.288. The number of rotatable bonds is 7. The predicted molar refractivity (Wildman–Crippen MR) is 89.5 cm³/mol. The van der Waals surface area contributed by atoms with Crippen molar-refractivity contribution in [3.8, 4) is 0 Å². The van der Waals surface area contributed by atoms with E-state index in [-0.39, 0.29) is 11.8 Å². The minimum Gasteiger partial charge on any atom is -0.408 e. The molecule has 1 N–H and O–H groups in total. The first-order valence-electron chi connectivity index (χ1n) is 7.97. The summed E-state index contributed by atoms with van der Waals surface area (Å²) in [6.45, 7) is 5.76. The summed E-state index contributed by atoms with van der Waals surface area (Å²) < 4.78 is 8.88. The first-order chi connectivity index (χ1) is 11.2. The van der Waals surface area contributed by atoms with Gasteiger partial charge in [-0.15, -0.1) is 0 Å². The summed E-state index contributed by atoms with van der Waals surface area (Å²) in [6, 6.07) is 10.0. The zero-order valence-electron chi connectivity index (χ0n) is 13.5. The summed E-state index contributed by atoms with van der Waals surface area (Å²) in [6.07, 6.45) is 4.62. The van der Waals surface area contributed by atoms with E-state index in [1.807, 2.05) is 41.2 Å². The van der Waals surface area contributed by atoms with E-state index in [1.54, 1.807) is 10.8 Å². The fourth-order valence-corrected chi connectivity index (χ4v) is 2.71. The molecule has 0 bridgehead atoms. The highest BCUT2D eigenvalue weighted by atomic mass is 16.4. The van der Waals surface area contributed by atoms with Gasteiger partial charge in [-0.3, -0.25) is 9.25 Å². The zero-order valence-corrected chi connectivity index (χ0v) is 13.5. The number of nitrogens with zero attached hydrogens (tertiary/aromatic N) is 3. The Bertz CT molecular complexity index is 803. The maximum absolute atomic E-state index is 11.9. The SMILES string of the molecule is C[C@H]([C@@H](C)NCCCn1c(=O)oc2ccccc21)n1cccn1. The summed E-state index contributed by atoms with van der Waals surface area (Å²) in [7, 11) is 0. The van der Waals surface area contributed by atoms with Crippen molar-refractivity contribution >= 4 is 11.1 Å². The second kappa shape index (κ2) is 6.83. The summed E-state index contributed by atoms with van der Waals surface area (Å²) in [5.41, 5.74) is 1.50. The van der Waals surface area contributed by atoms with E-state index in [0.29, 0.717) is 18.2 Å². The summed E-state index contributed by atoms with van der Waals surface area (Å²) in [4.78, 5) is 11.9. The van der Waals surface area contributed by atoms with Gasteiger partial charge in [0.25, 0.3) is 0 Å². The first-order valence-corrected chi connectivity index (χ1v) is 7.97. The molecule has 2 atom stereocenters. The molecular weight excluding hydrogens is 292 g/mol. The van der Waals surface area contributed by atoms with E-state index in [0.717, 1.165) is 18.5 Å². The lowest BCUT2D eigenvalue weighted by molar-refractivity contribution is 0.361. The van der Waals surface area contributed by atoms with Gasteiger partial charge in [0.1, 0.15) is 0 Å². The smallest absolute Gasteiger partial charge is 0.408 e. The third-order valence-electron chi connectivity index (χ3n) is 4.26. The number of para-hydroxylation sites is 2. The van der Waals surface area contributed by atoms with Crippen LogP contribution < -0.4 is 11.1 Å². The van der Waals surface area contributed by atoms with Gasteiger partial charge in [-0.05, 0) is 45.0 Å². The molecule has 0 aliphatic heterocycles. The Morgan fingerprint density at radius 3 is 2.87 bits per heavy atom. The number of hydrogen-bond donors (Lipinski definition) is 1. The van der Waals surface area contributed by atoms with Crippen molar-refractivity contribution in [3.05, 3.63) is 53.3 Å². The van der Waals surface area contributed by atoms with Crippen LogP contribution in [-0.2, 0) is 6.54 Å². The molecule has 3 rings (SSSR count). The Kier molecular flexibility index (Phi) is 4.62. The molecule has 0 spiro atoms. The van der Waals surface area contributed by atoms with Crippen LogP contribution in [0.3, 0.4) is 0 Å². The molecule has 0 saturated heterocycles. The van der Waals surface area contributed by atoms with Crippen LogP contribution in [0.5, 0.6) is 0 Å². The van der Waals surface area contributed by atoms with E-state index in [4.69, 9.17) is 4.42 Å². The molecule has 0 radical (unpaired) electrons. The quantitative estimate of drug-likeness (QED) is 0.680. The molecule has 0 unspecified atom stereocenters. The molecule has 3 aromatic rings. The lowest BCUT2D eigenvalue weighted by Gasteiger charge is -2.21. The number of nitrogens with one attached hydrogen (secondary N) is 1. The van der Waals surface area contributed by atoms with Crippen molar-refractivity contribution < 1.29 is 4.42 Å². The lowest BCUT2D eigenvalue weighted by Crippen LogP contribution is -2.35. The van der Waals surface area contributed by atoms with Gasteiger partial charge in [0.2, 0.25) is 0 Å². The van der Waals surface area contributed by atoms with E-state index in [1.165, 1.54) is 0 Å². The van der Waals surface area contributed by atoms with Crippen molar-refractivity contribution in [1.82, 2.24) is 19.7 Å². The number of fused-ring (bicyclic) bond motifs is 1. The summed E-state index contributed by atoms with van der Waals surface area (Å²) in [5, 5.41) is 7.76. The van der Waals surface area contributed by atoms with Gasteiger partial charge in [0.15, 0.2) is 5.58 Å². The molecule has 1 aromatic carbocycles. The van der Waals surface area contributed by atoms with Gasteiger partial charge in [0.05, 0.1) is 11.6 Å². The molecular formula is C17H22N4O2. The molecule has 6 heteroatoms. The maximum atomic E-state index is 11.9. The fourth-order valence-electron chi connectivity index (χ4n) is 2.71. The molecule has 2 heterocycles. The number of aryl methyl sites for hydroxylation is 1. The molecule has 122 valence electrons. The van der Waals surface area contributed by atoms with E-state index >= 15 is 0 Å². The standard InChI is InChI=1S/C17H22N4O2/c1-13(14(2)21-12-6-10-19-21)18-9-5-11-20-15-7-3-4-8-16(15)23-17(20)22/h3-4,6-8,10,12-14,18H,5,9,11H2,1-2H3/t13-,14-/m1/s1. The topological polar surface area (TPSA) is 65.0 Å². The molecule has 0 saturated carbocycles. The maximum Gasteiger partial charge on any atom is 0.419 e. The number of hydrogen-bond acceptors (Lipinski definition) is 4. The van der Waals surface area contributed by atoms with Gasteiger partial charge in [-0.1, -0.05) is 12.1 Å². The molecule has 0 fully saturated rings. The number of oxazole rings is 1. The van der Waals surface area contributed by atoms with Crippen LogP contribution in [0.25, 0.3) is 11.1 Å². The second-order valence-electron chi connectivity index (χ2n) is 5.81. The fraction of sp³-hybridized carbons (Fsp3) is 0.412. The Morgan fingerprint density at radius 2 is 2.09 bits per heavy atom. The predicted octanol–water partition coefficient (Wildman–Crippen LogP) is 2.42. The monoisotopic (exact) mass is 314 g/mol. The molecule has 0 amide bonds. The zero-order chi connectivity index (χ0) is 16.2. The Hall–Kier alpha value is -2.34. The minimum absolute atomic E-state index is 0.280. The Labute approximate surface area is 134 Å². The van der Waals surface area contributed by atoms with Gasteiger partial charge >= 0.3 is 5.76 Å². The highest BCUT2D eigenvalue weighted by molar-refractivity contribution is 5.72. The Balaban J connectivity index is 1.53. The van der Waals surface area contributed by atoms with Gasteiger partial charge in [0, 0.05) is 25.0 Å². The van der Waals surface area contributed by atoms with Gasteiger partial charge in [-0.2, -0.15) is 5.10 Å². The van der Waals surface area contributed by atoms with Crippen LogP contribution in [0.15, 0.2) is 51.9 Å². The van der Waals surface area contributed by atoms with Crippen LogP contribution in [0.1, 0.15) is 26.3 Å². The highest BCUT2D eigenvalue weighted by Crippen LogP contribution is 2.12. The van der Waals surface area contributed by atoms with Crippen molar-refractivity contribution in [1.29, 1.82) is 0 Å². The van der Waals surface area contributed by atoms with E-state index in [9.17, 15) is 4.79 Å². The number of benzene rings is 1. The average Bonchev–Trinajstić information content (AvgIpc) is 3.18. The van der Waals surface area contributed by atoms with E-state index in [2.05, 4.69) is 24.3 Å². The van der Waals surface area contributed by atoms with Crippen molar-refractivity contribution in [2.75, 3.05) is 6.54 Å². The van der Waals surface area contributed by atoms with Crippen LogP contribution in [0.2, 0.25) is 0 Å². The third kappa shape index (κ3) is 3.37. The van der Waals surface area contributed by atoms with Crippen molar-refractivity contribution in [2.45, 2.75) is 38.9 Å². The molecule has 0 aliphatic carbocycles. The molecule has 6 nitrogen and oxygen atoms in total. The van der Waals surface area contributed by atoms with Crippen molar-refractivity contribution in [2.24, 2.45) is 0 Å². The average molecular weight is 314 g/mol. The molecule has 23 heavy (non-hydrogen) atoms. The van der Waals surface area contributed by atoms with Crippen LogP contribution in [0.4, 0.5) is 0 Å². The van der Waals surface area contributed by atoms with Crippen molar-refractivity contribution in [3.63, 3.8) is 0 Å². The third-order valence-corrected chi connectivity index (χ3v) is 4.26. The minimum atomic E-state index is -0.288. The molecule has 0 aliphatic rings. The Morgan fingerprint density at radius 1 is 1.26 bits per heavy atom. The lowest BCUT2D eigenvalue weighted by atomic mass is 10.1. The molecule has 2 aromatic heterocycles. The second-order valence-corrected chi connectivity index (χ2v) is 5.81. The largest absolute Gasteiger partial charge is 0.419 e. The summed E-state index contributed by atoms with van der Waals surface area (Å²) >= 11 is 0. The van der Waals surface area contributed by atoms with Crippen LogP contribution >= 0.6 is 0 Å². The first kappa shape index (κ1) is 15.6. The highest BCUT2D eigenvalue weighted by Gasteiger charge is 2.13. The van der Waals surface area contributed by atoms with Gasteiger partial charge in [-0.25, -0.2) is 4.79 Å². The van der Waals surface area contributed by atoms with Gasteiger partial charge < -0.3 is 9.73 Å². The normalized spacial score (nSPS) is 14.2. The van der Waals surface area contributed by atoms with Crippen LogP contribution in [0, 0.1) is 0 Å². The van der Waals surface area contributed by atoms with Crippen LogP contribution in [-0.4, -0.2) is 26.9 Å². The van der Waals surface area contributed by atoms with E-state index < -0.39 is 0 Å². The number of aromatic nitrogens is 3.